The van der Waals surface area contributed by atoms with Gasteiger partial charge in [0.25, 0.3) is 0 Å². The lowest BCUT2D eigenvalue weighted by Crippen LogP contribution is -1.99. The van der Waals surface area contributed by atoms with Gasteiger partial charge in [0.05, 0.1) is 0 Å². The van der Waals surface area contributed by atoms with Crippen LogP contribution in [0.2, 0.25) is 0 Å². The molecule has 1 unspecified atom stereocenters. The highest BCUT2D eigenvalue weighted by molar-refractivity contribution is 5.24. The van der Waals surface area contributed by atoms with Gasteiger partial charge >= 0.3 is 0 Å². The molecule has 0 radical (unpaired) electrons. The van der Waals surface area contributed by atoms with Gasteiger partial charge in [-0.3, -0.25) is 0 Å². The maximum absolute atomic E-state index is 13.3. The molecular weight excluding hydrogens is 223 g/mol. The highest BCUT2D eigenvalue weighted by Gasteiger charge is 2.05. The lowest BCUT2D eigenvalue weighted by Gasteiger charge is -2.06. The first-order chi connectivity index (χ1) is 8.60. The van der Waals surface area contributed by atoms with Crippen LogP contribution in [-0.2, 0) is 0 Å². The molecule has 0 bridgehead atoms. The van der Waals surface area contributed by atoms with Crippen molar-refractivity contribution in [3.05, 3.63) is 36.5 Å². The first-order valence-corrected chi connectivity index (χ1v) is 7.27. The van der Waals surface area contributed by atoms with E-state index in [9.17, 15) is 4.39 Å². The van der Waals surface area contributed by atoms with Gasteiger partial charge < -0.3 is 0 Å². The third-order valence-electron chi connectivity index (χ3n) is 2.99. The monoisotopic (exact) mass is 252 g/mol. The van der Waals surface area contributed by atoms with Crippen molar-refractivity contribution in [1.29, 1.82) is 0 Å². The molecule has 18 heavy (non-hydrogen) atoms. The zero-order valence-electron chi connectivity index (χ0n) is 12.2. The fraction of sp³-hybridized carbons (Fsp3) is 0.647. The lowest BCUT2D eigenvalue weighted by atomic mass is 10.0. The molecule has 0 nitrogen and oxygen atoms in total. The Morgan fingerprint density at radius 3 is 2.28 bits per heavy atom. The van der Waals surface area contributed by atoms with Crippen LogP contribution < -0.4 is 0 Å². The number of allylic oxidation sites excluding steroid dienone is 4. The van der Waals surface area contributed by atoms with Crippen molar-refractivity contribution in [1.82, 2.24) is 0 Å². The fourth-order valence-corrected chi connectivity index (χ4v) is 1.87. The molecule has 0 spiro atoms. The normalized spacial score (nSPS) is 12.8. The van der Waals surface area contributed by atoms with Gasteiger partial charge in [-0.1, -0.05) is 76.0 Å². The third-order valence-corrected chi connectivity index (χ3v) is 2.99. The van der Waals surface area contributed by atoms with Crippen LogP contribution in [0.4, 0.5) is 4.39 Å². The minimum Gasteiger partial charge on any atom is -0.247 e. The standard InChI is InChI=1S/C17H29F/c1-5-7-8-9-11-15(3)12-13-16(4)14-17(18)10-6-2/h12-13,17H,3-11,14H2,1-2H3/b13-12-. The number of rotatable bonds is 11. The molecule has 0 saturated carbocycles. The van der Waals surface area contributed by atoms with Gasteiger partial charge in [-0.25, -0.2) is 4.39 Å². The van der Waals surface area contributed by atoms with E-state index in [-0.39, 0.29) is 0 Å². The van der Waals surface area contributed by atoms with Crippen molar-refractivity contribution < 1.29 is 4.39 Å². The Kier molecular flexibility index (Phi) is 10.7. The first kappa shape index (κ1) is 17.2. The molecule has 1 atom stereocenters. The van der Waals surface area contributed by atoms with Crippen LogP contribution in [0.15, 0.2) is 36.5 Å². The van der Waals surface area contributed by atoms with Crippen LogP contribution in [0.5, 0.6) is 0 Å². The predicted molar refractivity (Wildman–Crippen MR) is 80.6 cm³/mol. The summed E-state index contributed by atoms with van der Waals surface area (Å²) in [7, 11) is 0. The number of hydrogen-bond acceptors (Lipinski definition) is 0. The zero-order chi connectivity index (χ0) is 13.8. The van der Waals surface area contributed by atoms with E-state index >= 15 is 0 Å². The summed E-state index contributed by atoms with van der Waals surface area (Å²) in [6.45, 7) is 12.1. The summed E-state index contributed by atoms with van der Waals surface area (Å²) in [5.74, 6) is 0. The number of halogens is 1. The largest absolute Gasteiger partial charge is 0.247 e. The van der Waals surface area contributed by atoms with Gasteiger partial charge in [-0.15, -0.1) is 0 Å². The molecule has 0 heterocycles. The maximum Gasteiger partial charge on any atom is 0.104 e. The predicted octanol–water partition coefficient (Wildman–Crippen LogP) is 6.15. The average Bonchev–Trinajstić information content (AvgIpc) is 2.32. The van der Waals surface area contributed by atoms with E-state index in [4.69, 9.17) is 0 Å². The van der Waals surface area contributed by atoms with E-state index in [2.05, 4.69) is 20.1 Å². The second-order valence-corrected chi connectivity index (χ2v) is 5.05. The van der Waals surface area contributed by atoms with Crippen molar-refractivity contribution >= 4 is 0 Å². The molecule has 0 aliphatic carbocycles. The molecule has 0 aliphatic heterocycles. The molecule has 0 N–H and O–H groups in total. The Balaban J connectivity index is 3.77. The molecule has 104 valence electrons. The van der Waals surface area contributed by atoms with Crippen LogP contribution in [-0.4, -0.2) is 6.17 Å². The van der Waals surface area contributed by atoms with E-state index in [1.165, 1.54) is 25.7 Å². The Morgan fingerprint density at radius 2 is 1.67 bits per heavy atom. The highest BCUT2D eigenvalue weighted by Crippen LogP contribution is 2.15. The summed E-state index contributed by atoms with van der Waals surface area (Å²) in [6.07, 6.45) is 11.2. The van der Waals surface area contributed by atoms with Crippen molar-refractivity contribution in [3.63, 3.8) is 0 Å². The van der Waals surface area contributed by atoms with Crippen molar-refractivity contribution in [2.24, 2.45) is 0 Å². The fourth-order valence-electron chi connectivity index (χ4n) is 1.87. The number of hydrogen-bond donors (Lipinski definition) is 0. The van der Waals surface area contributed by atoms with E-state index < -0.39 is 6.17 Å². The van der Waals surface area contributed by atoms with Crippen molar-refractivity contribution in [2.45, 2.75) is 71.4 Å². The van der Waals surface area contributed by atoms with E-state index in [1.807, 2.05) is 19.1 Å². The van der Waals surface area contributed by atoms with Gasteiger partial charge in [0.1, 0.15) is 6.17 Å². The maximum atomic E-state index is 13.3. The zero-order valence-corrected chi connectivity index (χ0v) is 12.2. The van der Waals surface area contributed by atoms with E-state index in [0.717, 1.165) is 24.0 Å². The minimum atomic E-state index is -0.745. The molecule has 0 fully saturated rings. The third kappa shape index (κ3) is 10.3. The molecule has 0 aromatic heterocycles. The minimum absolute atomic E-state index is 0.452. The van der Waals surface area contributed by atoms with E-state index in [0.29, 0.717) is 12.8 Å². The van der Waals surface area contributed by atoms with Gasteiger partial charge in [0.15, 0.2) is 0 Å². The summed E-state index contributed by atoms with van der Waals surface area (Å²) in [5, 5.41) is 0. The Morgan fingerprint density at radius 1 is 1.00 bits per heavy atom. The molecule has 0 saturated heterocycles. The topological polar surface area (TPSA) is 0 Å². The summed E-state index contributed by atoms with van der Waals surface area (Å²) in [5.41, 5.74) is 1.99. The summed E-state index contributed by atoms with van der Waals surface area (Å²) < 4.78 is 13.3. The van der Waals surface area contributed by atoms with Gasteiger partial charge in [-0.2, -0.15) is 0 Å². The molecule has 0 aromatic carbocycles. The van der Waals surface area contributed by atoms with Crippen LogP contribution in [0.1, 0.15) is 65.2 Å². The SMILES string of the molecule is C=C(/C=C\C(=C)CC(F)CCC)CCCCCC. The van der Waals surface area contributed by atoms with Crippen LogP contribution >= 0.6 is 0 Å². The van der Waals surface area contributed by atoms with Gasteiger partial charge in [0, 0.05) is 6.42 Å². The average molecular weight is 252 g/mol. The second-order valence-electron chi connectivity index (χ2n) is 5.05. The van der Waals surface area contributed by atoms with Crippen LogP contribution in [0.3, 0.4) is 0 Å². The summed E-state index contributed by atoms with van der Waals surface area (Å²) in [6, 6.07) is 0. The molecule has 1 heteroatoms. The molecule has 0 aliphatic rings. The Hall–Kier alpha value is -0.850. The Labute approximate surface area is 113 Å². The Bertz CT molecular complexity index is 263. The quantitative estimate of drug-likeness (QED) is 0.305. The lowest BCUT2D eigenvalue weighted by molar-refractivity contribution is 0.311. The number of alkyl halides is 1. The molecule has 0 aromatic rings. The first-order valence-electron chi connectivity index (χ1n) is 7.27. The van der Waals surface area contributed by atoms with Crippen molar-refractivity contribution in [3.8, 4) is 0 Å². The molecular formula is C17H29F. The summed E-state index contributed by atoms with van der Waals surface area (Å²) >= 11 is 0. The van der Waals surface area contributed by atoms with Gasteiger partial charge in [0.2, 0.25) is 0 Å². The van der Waals surface area contributed by atoms with Crippen LogP contribution in [0, 0.1) is 0 Å². The molecule has 0 amide bonds. The van der Waals surface area contributed by atoms with Crippen molar-refractivity contribution in [2.75, 3.05) is 0 Å². The molecule has 0 rings (SSSR count). The van der Waals surface area contributed by atoms with Gasteiger partial charge in [-0.05, 0) is 19.3 Å². The smallest absolute Gasteiger partial charge is 0.104 e. The van der Waals surface area contributed by atoms with E-state index in [1.54, 1.807) is 0 Å². The summed E-state index contributed by atoms with van der Waals surface area (Å²) in [4.78, 5) is 0. The second kappa shape index (κ2) is 11.3. The highest BCUT2D eigenvalue weighted by atomic mass is 19.1. The number of unbranched alkanes of at least 4 members (excludes halogenated alkanes) is 3. The van der Waals surface area contributed by atoms with Crippen LogP contribution in [0.25, 0.3) is 0 Å².